The topological polar surface area (TPSA) is 56.7 Å². The van der Waals surface area contributed by atoms with Crippen LogP contribution in [0.4, 0.5) is 0 Å². The van der Waals surface area contributed by atoms with E-state index in [0.717, 1.165) is 34.1 Å². The van der Waals surface area contributed by atoms with Gasteiger partial charge in [-0.2, -0.15) is 0 Å². The predicted octanol–water partition coefficient (Wildman–Crippen LogP) is 2.36. The van der Waals surface area contributed by atoms with Crippen molar-refractivity contribution in [1.82, 2.24) is 14.8 Å². The first-order chi connectivity index (χ1) is 8.69. The average molecular weight is 328 g/mol. The Morgan fingerprint density at radius 1 is 1.39 bits per heavy atom. The van der Waals surface area contributed by atoms with Gasteiger partial charge in [-0.1, -0.05) is 11.6 Å². The largest absolute Gasteiger partial charge is 0.330 e. The van der Waals surface area contributed by atoms with E-state index in [-0.39, 0.29) is 0 Å². The van der Waals surface area contributed by atoms with Crippen LogP contribution >= 0.6 is 27.5 Å². The summed E-state index contributed by atoms with van der Waals surface area (Å²) >= 11 is 9.52. The lowest BCUT2D eigenvalue weighted by molar-refractivity contribution is 0.526. The van der Waals surface area contributed by atoms with E-state index in [1.54, 1.807) is 0 Å². The lowest BCUT2D eigenvalue weighted by Gasteiger charge is -2.11. The molecule has 0 saturated carbocycles. The molecule has 0 bridgehead atoms. The second-order valence-corrected chi connectivity index (χ2v) is 5.65. The molecule has 1 aromatic carbocycles. The van der Waals surface area contributed by atoms with Crippen molar-refractivity contribution < 1.29 is 0 Å². The molecule has 6 heteroatoms. The van der Waals surface area contributed by atoms with Crippen LogP contribution in [0.3, 0.4) is 0 Å². The highest BCUT2D eigenvalue weighted by atomic mass is 79.9. The molecule has 3 rings (SSSR count). The molecule has 0 spiro atoms. The van der Waals surface area contributed by atoms with E-state index in [2.05, 4.69) is 26.1 Å². The third-order valence-corrected chi connectivity index (χ3v) is 4.03. The first-order valence-electron chi connectivity index (χ1n) is 5.77. The van der Waals surface area contributed by atoms with Gasteiger partial charge in [0.15, 0.2) is 0 Å². The van der Waals surface area contributed by atoms with Crippen molar-refractivity contribution in [1.29, 1.82) is 0 Å². The second kappa shape index (κ2) is 4.64. The summed E-state index contributed by atoms with van der Waals surface area (Å²) in [5, 5.41) is 9.05. The van der Waals surface area contributed by atoms with E-state index >= 15 is 0 Å². The average Bonchev–Trinajstić information content (AvgIpc) is 2.62. The molecule has 1 aromatic heterocycles. The van der Waals surface area contributed by atoms with Crippen molar-refractivity contribution in [3.05, 3.63) is 39.3 Å². The predicted molar refractivity (Wildman–Crippen MR) is 74.0 cm³/mol. The number of aromatic nitrogens is 3. The van der Waals surface area contributed by atoms with Crippen LogP contribution in [0.2, 0.25) is 5.02 Å². The van der Waals surface area contributed by atoms with Crippen LogP contribution in [-0.4, -0.2) is 21.3 Å². The monoisotopic (exact) mass is 326 g/mol. The van der Waals surface area contributed by atoms with Gasteiger partial charge >= 0.3 is 0 Å². The molecule has 0 aliphatic carbocycles. The number of benzene rings is 1. The Balaban J connectivity index is 2.23. The summed E-state index contributed by atoms with van der Waals surface area (Å²) < 4.78 is 2.75. The minimum absolute atomic E-state index is 0.375. The lowest BCUT2D eigenvalue weighted by atomic mass is 9.97. The summed E-state index contributed by atoms with van der Waals surface area (Å²) in [6, 6.07) is 5.90. The zero-order valence-corrected chi connectivity index (χ0v) is 11.9. The maximum atomic E-state index is 6.08. The first-order valence-corrected chi connectivity index (χ1v) is 6.95. The van der Waals surface area contributed by atoms with Gasteiger partial charge in [-0.15, -0.1) is 10.2 Å². The van der Waals surface area contributed by atoms with Crippen LogP contribution in [0.15, 0.2) is 22.9 Å². The fourth-order valence-corrected chi connectivity index (χ4v) is 3.08. The Kier molecular flexibility index (Phi) is 3.13. The number of fused-ring (bicyclic) bond motifs is 3. The Hall–Kier alpha value is -0.910. The molecular formula is C12H12BrClN4. The minimum Gasteiger partial charge on any atom is -0.330 e. The maximum absolute atomic E-state index is 6.08. The summed E-state index contributed by atoms with van der Waals surface area (Å²) in [7, 11) is 0. The van der Waals surface area contributed by atoms with Crippen molar-refractivity contribution in [2.75, 3.05) is 6.54 Å². The fourth-order valence-electron chi connectivity index (χ4n) is 2.41. The number of hydrogen-bond acceptors (Lipinski definition) is 3. The van der Waals surface area contributed by atoms with Gasteiger partial charge in [-0.05, 0) is 58.6 Å². The summed E-state index contributed by atoms with van der Waals surface area (Å²) in [6.45, 7) is 0.635. The zero-order valence-electron chi connectivity index (χ0n) is 9.61. The van der Waals surface area contributed by atoms with Crippen LogP contribution in [-0.2, 0) is 12.8 Å². The number of nitrogens with zero attached hydrogens (tertiary/aromatic N) is 3. The van der Waals surface area contributed by atoms with Crippen molar-refractivity contribution in [3.63, 3.8) is 0 Å². The SMILES string of the molecule is NCC1Cc2cc(Cl)ccc2-n2c(Br)nnc2C1. The van der Waals surface area contributed by atoms with E-state index in [9.17, 15) is 0 Å². The van der Waals surface area contributed by atoms with Crippen LogP contribution in [0, 0.1) is 5.92 Å². The van der Waals surface area contributed by atoms with E-state index < -0.39 is 0 Å². The molecule has 0 radical (unpaired) electrons. The van der Waals surface area contributed by atoms with Crippen LogP contribution in [0.1, 0.15) is 11.4 Å². The molecule has 1 atom stereocenters. The molecule has 1 aliphatic heterocycles. The van der Waals surface area contributed by atoms with Gasteiger partial charge in [0.25, 0.3) is 0 Å². The third kappa shape index (κ3) is 1.96. The molecule has 0 saturated heterocycles. The summed E-state index contributed by atoms with van der Waals surface area (Å²) in [5.74, 6) is 1.32. The number of nitrogens with two attached hydrogens (primary N) is 1. The molecule has 94 valence electrons. The first kappa shape index (κ1) is 12.1. The van der Waals surface area contributed by atoms with Crippen LogP contribution in [0.25, 0.3) is 5.69 Å². The second-order valence-electron chi connectivity index (χ2n) is 4.50. The standard InChI is InChI=1S/C12H12BrClN4/c13-12-17-16-11-4-7(6-15)3-8-5-9(14)1-2-10(8)18(11)12/h1-2,5,7H,3-4,6,15H2. The molecule has 18 heavy (non-hydrogen) atoms. The van der Waals surface area contributed by atoms with Crippen molar-refractivity contribution in [2.45, 2.75) is 12.8 Å². The molecule has 2 heterocycles. The van der Waals surface area contributed by atoms with Gasteiger partial charge < -0.3 is 5.73 Å². The Morgan fingerprint density at radius 2 is 2.22 bits per heavy atom. The Labute approximate surface area is 118 Å². The highest BCUT2D eigenvalue weighted by Crippen LogP contribution is 2.30. The minimum atomic E-state index is 0.375. The normalized spacial score (nSPS) is 18.1. The van der Waals surface area contributed by atoms with E-state index in [0.29, 0.717) is 12.5 Å². The maximum Gasteiger partial charge on any atom is 0.204 e. The van der Waals surface area contributed by atoms with Crippen molar-refractivity contribution in [3.8, 4) is 5.69 Å². The summed E-state index contributed by atoms with van der Waals surface area (Å²) in [6.07, 6.45) is 1.75. The lowest BCUT2D eigenvalue weighted by Crippen LogP contribution is -2.18. The van der Waals surface area contributed by atoms with Gasteiger partial charge in [0.05, 0.1) is 5.69 Å². The van der Waals surface area contributed by atoms with Gasteiger partial charge in [0, 0.05) is 11.4 Å². The van der Waals surface area contributed by atoms with Gasteiger partial charge in [0.1, 0.15) is 5.82 Å². The number of hydrogen-bond donors (Lipinski definition) is 1. The molecule has 0 amide bonds. The Bertz CT molecular complexity index is 596. The smallest absolute Gasteiger partial charge is 0.204 e. The summed E-state index contributed by atoms with van der Waals surface area (Å²) in [4.78, 5) is 0. The fraction of sp³-hybridized carbons (Fsp3) is 0.333. The van der Waals surface area contributed by atoms with E-state index in [4.69, 9.17) is 17.3 Å². The van der Waals surface area contributed by atoms with Gasteiger partial charge in [0.2, 0.25) is 4.73 Å². The molecule has 2 aromatic rings. The summed E-state index contributed by atoms with van der Waals surface area (Å²) in [5.41, 5.74) is 8.11. The molecule has 2 N–H and O–H groups in total. The van der Waals surface area contributed by atoms with Crippen molar-refractivity contribution >= 4 is 27.5 Å². The van der Waals surface area contributed by atoms with Crippen LogP contribution in [0.5, 0.6) is 0 Å². The molecule has 4 nitrogen and oxygen atoms in total. The van der Waals surface area contributed by atoms with E-state index in [1.165, 1.54) is 5.56 Å². The third-order valence-electron chi connectivity index (χ3n) is 3.29. The van der Waals surface area contributed by atoms with Gasteiger partial charge in [-0.3, -0.25) is 4.57 Å². The van der Waals surface area contributed by atoms with Crippen molar-refractivity contribution in [2.24, 2.45) is 11.7 Å². The molecule has 1 unspecified atom stereocenters. The quantitative estimate of drug-likeness (QED) is 0.875. The Morgan fingerprint density at radius 3 is 3.00 bits per heavy atom. The highest BCUT2D eigenvalue weighted by Gasteiger charge is 2.23. The number of rotatable bonds is 1. The zero-order chi connectivity index (χ0) is 12.7. The number of halogens is 2. The molecule has 1 aliphatic rings. The van der Waals surface area contributed by atoms with Gasteiger partial charge in [-0.25, -0.2) is 0 Å². The van der Waals surface area contributed by atoms with Crippen LogP contribution < -0.4 is 5.73 Å². The molecular weight excluding hydrogens is 316 g/mol. The highest BCUT2D eigenvalue weighted by molar-refractivity contribution is 9.10. The molecule has 0 fully saturated rings. The van der Waals surface area contributed by atoms with E-state index in [1.807, 2.05) is 22.8 Å².